The van der Waals surface area contributed by atoms with Crippen molar-refractivity contribution >= 4 is 17.8 Å². The fourth-order valence-corrected chi connectivity index (χ4v) is 3.87. The van der Waals surface area contributed by atoms with Gasteiger partial charge in [-0.3, -0.25) is 14.4 Å². The molecule has 0 aromatic heterocycles. The largest absolute Gasteiger partial charge is 0.463 e. The van der Waals surface area contributed by atoms with Gasteiger partial charge in [0, 0.05) is 25.9 Å². The highest BCUT2D eigenvalue weighted by atomic mass is 16.5. The Morgan fingerprint density at radius 2 is 1.62 bits per heavy atom. The molecule has 2 atom stereocenters. The van der Waals surface area contributed by atoms with E-state index in [1.165, 1.54) is 0 Å². The number of amides is 2. The second-order valence-corrected chi connectivity index (χ2v) is 9.17. The van der Waals surface area contributed by atoms with Crippen LogP contribution in [-0.2, 0) is 37.0 Å². The number of rotatable bonds is 19. The SMILES string of the molecule is C=CCCC(=O)OCC(COCc1ccccc1)NC(=O)C(CC=C)CC(=O)N(CCO)Cc1ccccc1. The minimum Gasteiger partial charge on any atom is -0.463 e. The number of nitrogens with one attached hydrogen (secondary N) is 1. The van der Waals surface area contributed by atoms with Crippen molar-refractivity contribution in [3.63, 3.8) is 0 Å². The molecular formula is C31H40N2O6. The molecule has 0 fully saturated rings. The van der Waals surface area contributed by atoms with Crippen molar-refractivity contribution in [1.29, 1.82) is 0 Å². The maximum absolute atomic E-state index is 13.3. The van der Waals surface area contributed by atoms with Crippen molar-refractivity contribution in [3.8, 4) is 0 Å². The predicted octanol–water partition coefficient (Wildman–Crippen LogP) is 3.80. The second-order valence-electron chi connectivity index (χ2n) is 9.17. The zero-order chi connectivity index (χ0) is 28.3. The van der Waals surface area contributed by atoms with Crippen LogP contribution in [0.4, 0.5) is 0 Å². The van der Waals surface area contributed by atoms with E-state index in [-0.39, 0.29) is 57.4 Å². The lowest BCUT2D eigenvalue weighted by Gasteiger charge is -2.26. The number of carbonyl (C=O) groups excluding carboxylic acids is 3. The molecule has 2 amide bonds. The van der Waals surface area contributed by atoms with Gasteiger partial charge in [-0.15, -0.1) is 13.2 Å². The lowest BCUT2D eigenvalue weighted by Crippen LogP contribution is -2.46. The van der Waals surface area contributed by atoms with Crippen LogP contribution in [0.3, 0.4) is 0 Å². The Bertz CT molecular complexity index is 1030. The summed E-state index contributed by atoms with van der Waals surface area (Å²) in [5, 5.41) is 12.4. The first kappa shape index (κ1) is 31.5. The molecule has 8 nitrogen and oxygen atoms in total. The highest BCUT2D eigenvalue weighted by Gasteiger charge is 2.26. The number of carbonyl (C=O) groups is 3. The van der Waals surface area contributed by atoms with E-state index < -0.39 is 17.9 Å². The molecular weight excluding hydrogens is 496 g/mol. The van der Waals surface area contributed by atoms with Crippen molar-refractivity contribution in [3.05, 3.63) is 97.1 Å². The topological polar surface area (TPSA) is 105 Å². The minimum absolute atomic E-state index is 0.0542. The van der Waals surface area contributed by atoms with Crippen LogP contribution in [0.5, 0.6) is 0 Å². The minimum atomic E-state index is -0.681. The third-order valence-corrected chi connectivity index (χ3v) is 5.96. The fourth-order valence-electron chi connectivity index (χ4n) is 3.87. The summed E-state index contributed by atoms with van der Waals surface area (Å²) in [5.74, 6) is -1.68. The van der Waals surface area contributed by atoms with Crippen LogP contribution in [0.1, 0.15) is 36.8 Å². The quantitative estimate of drug-likeness (QED) is 0.209. The van der Waals surface area contributed by atoms with Gasteiger partial charge in [-0.25, -0.2) is 0 Å². The Balaban J connectivity index is 2.04. The molecule has 0 heterocycles. The van der Waals surface area contributed by atoms with E-state index in [0.29, 0.717) is 19.6 Å². The predicted molar refractivity (Wildman–Crippen MR) is 150 cm³/mol. The first-order valence-electron chi connectivity index (χ1n) is 13.2. The van der Waals surface area contributed by atoms with E-state index in [2.05, 4.69) is 18.5 Å². The number of nitrogens with zero attached hydrogens (tertiary/aromatic N) is 1. The highest BCUT2D eigenvalue weighted by molar-refractivity contribution is 5.86. The van der Waals surface area contributed by atoms with Gasteiger partial charge in [0.25, 0.3) is 0 Å². The normalized spacial score (nSPS) is 12.1. The van der Waals surface area contributed by atoms with Crippen molar-refractivity contribution in [2.45, 2.75) is 44.9 Å². The summed E-state index contributed by atoms with van der Waals surface area (Å²) in [7, 11) is 0. The summed E-state index contributed by atoms with van der Waals surface area (Å²) < 4.78 is 11.2. The van der Waals surface area contributed by atoms with Crippen LogP contribution in [0.2, 0.25) is 0 Å². The Hall–Kier alpha value is -3.75. The number of ether oxygens (including phenoxy) is 2. The van der Waals surface area contributed by atoms with Crippen LogP contribution in [0, 0.1) is 5.92 Å². The van der Waals surface area contributed by atoms with E-state index in [4.69, 9.17) is 9.47 Å². The van der Waals surface area contributed by atoms with Crippen LogP contribution >= 0.6 is 0 Å². The average Bonchev–Trinajstić information content (AvgIpc) is 2.95. The summed E-state index contributed by atoms with van der Waals surface area (Å²) in [4.78, 5) is 40.0. The Labute approximate surface area is 231 Å². The molecule has 210 valence electrons. The number of hydrogen-bond acceptors (Lipinski definition) is 6. The van der Waals surface area contributed by atoms with Crippen LogP contribution in [0.25, 0.3) is 0 Å². The second kappa shape index (κ2) is 18.5. The summed E-state index contributed by atoms with van der Waals surface area (Å²) >= 11 is 0. The van der Waals surface area contributed by atoms with E-state index >= 15 is 0 Å². The molecule has 39 heavy (non-hydrogen) atoms. The van der Waals surface area contributed by atoms with E-state index in [1.54, 1.807) is 17.1 Å². The monoisotopic (exact) mass is 536 g/mol. The van der Waals surface area contributed by atoms with Gasteiger partial charge >= 0.3 is 5.97 Å². The molecule has 2 N–H and O–H groups in total. The van der Waals surface area contributed by atoms with Gasteiger partial charge in [-0.2, -0.15) is 0 Å². The van der Waals surface area contributed by atoms with E-state index in [1.807, 2.05) is 60.7 Å². The Morgan fingerprint density at radius 1 is 0.949 bits per heavy atom. The Kier molecular flexibility index (Phi) is 14.9. The van der Waals surface area contributed by atoms with Gasteiger partial charge in [-0.1, -0.05) is 72.8 Å². The maximum atomic E-state index is 13.3. The number of esters is 1. The molecule has 0 saturated carbocycles. The van der Waals surface area contributed by atoms with Gasteiger partial charge in [0.1, 0.15) is 6.61 Å². The molecule has 2 aromatic carbocycles. The summed E-state index contributed by atoms with van der Waals surface area (Å²) in [6.07, 6.45) is 4.16. The molecule has 2 unspecified atom stereocenters. The van der Waals surface area contributed by atoms with Gasteiger partial charge in [-0.05, 0) is 24.0 Å². The molecule has 2 aromatic rings. The highest BCUT2D eigenvalue weighted by Crippen LogP contribution is 2.15. The van der Waals surface area contributed by atoms with Crippen molar-refractivity contribution < 1.29 is 29.0 Å². The Morgan fingerprint density at radius 3 is 2.23 bits per heavy atom. The maximum Gasteiger partial charge on any atom is 0.306 e. The summed E-state index contributed by atoms with van der Waals surface area (Å²) in [6, 6.07) is 18.5. The summed E-state index contributed by atoms with van der Waals surface area (Å²) in [5.41, 5.74) is 1.90. The smallest absolute Gasteiger partial charge is 0.306 e. The standard InChI is InChI=1S/C31H40N2O6/c1-3-5-17-30(36)39-24-28(23-38-22-26-15-10-7-11-16-26)32-31(37)27(12-4-2)20-29(35)33(18-19-34)21-25-13-8-6-9-14-25/h3-4,6-11,13-16,27-28,34H,1-2,5,12,17-24H2,(H,32,37). The average molecular weight is 537 g/mol. The molecule has 2 rings (SSSR count). The number of aliphatic hydroxyl groups is 1. The van der Waals surface area contributed by atoms with Crippen LogP contribution < -0.4 is 5.32 Å². The van der Waals surface area contributed by atoms with Gasteiger partial charge in [0.2, 0.25) is 11.8 Å². The molecule has 0 radical (unpaired) electrons. The third-order valence-electron chi connectivity index (χ3n) is 5.96. The zero-order valence-corrected chi connectivity index (χ0v) is 22.5. The van der Waals surface area contributed by atoms with Crippen molar-refractivity contribution in [2.75, 3.05) is 26.4 Å². The first-order valence-corrected chi connectivity index (χ1v) is 13.2. The molecule has 0 aliphatic heterocycles. The van der Waals surface area contributed by atoms with Gasteiger partial charge in [0.15, 0.2) is 0 Å². The van der Waals surface area contributed by atoms with Crippen LogP contribution in [-0.4, -0.2) is 60.2 Å². The lowest BCUT2D eigenvalue weighted by molar-refractivity contribution is -0.146. The molecule has 0 bridgehead atoms. The molecule has 0 aliphatic rings. The van der Waals surface area contributed by atoms with Gasteiger partial charge < -0.3 is 24.8 Å². The van der Waals surface area contributed by atoms with Gasteiger partial charge in [0.05, 0.1) is 31.8 Å². The third kappa shape index (κ3) is 12.6. The number of benzene rings is 2. The first-order chi connectivity index (χ1) is 19.0. The summed E-state index contributed by atoms with van der Waals surface area (Å²) in [6.45, 7) is 8.05. The molecule has 0 aliphatic carbocycles. The number of allylic oxidation sites excluding steroid dienone is 2. The van der Waals surface area contributed by atoms with E-state index in [0.717, 1.165) is 11.1 Å². The lowest BCUT2D eigenvalue weighted by atomic mass is 9.98. The fraction of sp³-hybridized carbons (Fsp3) is 0.387. The molecule has 8 heteroatoms. The van der Waals surface area contributed by atoms with Crippen molar-refractivity contribution in [1.82, 2.24) is 10.2 Å². The van der Waals surface area contributed by atoms with E-state index in [9.17, 15) is 19.5 Å². The number of hydrogen-bond donors (Lipinski definition) is 2. The van der Waals surface area contributed by atoms with Crippen LogP contribution in [0.15, 0.2) is 86.0 Å². The van der Waals surface area contributed by atoms with Crippen molar-refractivity contribution in [2.24, 2.45) is 5.92 Å². The number of aliphatic hydroxyl groups excluding tert-OH is 1. The zero-order valence-electron chi connectivity index (χ0n) is 22.5. The molecule has 0 saturated heterocycles. The molecule has 0 spiro atoms.